The molecule has 0 saturated carbocycles. The minimum atomic E-state index is 0. The van der Waals surface area contributed by atoms with Gasteiger partial charge in [-0.1, -0.05) is 11.6 Å². The zero-order valence-corrected chi connectivity index (χ0v) is 20.5. The Labute approximate surface area is 199 Å². The van der Waals surface area contributed by atoms with E-state index in [1.54, 1.807) is 14.2 Å². The van der Waals surface area contributed by atoms with Gasteiger partial charge in [-0.15, -0.1) is 34.2 Å². The van der Waals surface area contributed by atoms with Crippen LogP contribution in [-0.4, -0.2) is 54.0 Å². The number of guanidine groups is 1. The van der Waals surface area contributed by atoms with Gasteiger partial charge in [-0.25, -0.2) is 0 Å². The summed E-state index contributed by atoms with van der Waals surface area (Å²) in [6, 6.07) is 6.02. The zero-order chi connectivity index (χ0) is 20.2. The Morgan fingerprint density at radius 1 is 1.30 bits per heavy atom. The van der Waals surface area contributed by atoms with Crippen molar-refractivity contribution in [1.29, 1.82) is 0 Å². The smallest absolute Gasteiger partial charge is 0.191 e. The molecule has 0 spiro atoms. The molecule has 1 aromatic carbocycles. The van der Waals surface area contributed by atoms with Crippen LogP contribution in [0.25, 0.3) is 0 Å². The van der Waals surface area contributed by atoms with Gasteiger partial charge < -0.3 is 24.8 Å². The van der Waals surface area contributed by atoms with Crippen molar-refractivity contribution >= 4 is 47.2 Å². The molecule has 1 fully saturated rings. The number of anilines is 1. The van der Waals surface area contributed by atoms with Crippen LogP contribution in [0.15, 0.2) is 23.2 Å². The number of rotatable bonds is 5. The van der Waals surface area contributed by atoms with E-state index < -0.39 is 0 Å². The number of halogens is 2. The molecule has 1 aromatic heterocycles. The molecule has 0 radical (unpaired) electrons. The van der Waals surface area contributed by atoms with Crippen molar-refractivity contribution in [3.05, 3.63) is 34.9 Å². The number of aryl methyl sites for hydroxylation is 1. The van der Waals surface area contributed by atoms with Gasteiger partial charge in [0.15, 0.2) is 11.8 Å². The Bertz CT molecular complexity index is 888. The van der Waals surface area contributed by atoms with Gasteiger partial charge in [0, 0.05) is 44.2 Å². The first-order valence-electron chi connectivity index (χ1n) is 10.1. The predicted octanol–water partition coefficient (Wildman–Crippen LogP) is 2.84. The third-order valence-electron chi connectivity index (χ3n) is 5.58. The summed E-state index contributed by atoms with van der Waals surface area (Å²) in [4.78, 5) is 6.68. The molecule has 2 N–H and O–H groups in total. The van der Waals surface area contributed by atoms with Crippen molar-refractivity contribution in [2.24, 2.45) is 4.99 Å². The summed E-state index contributed by atoms with van der Waals surface area (Å²) in [5, 5.41) is 16.3. The van der Waals surface area contributed by atoms with Crippen molar-refractivity contribution in [2.75, 3.05) is 32.1 Å². The normalized spacial score (nSPS) is 18.6. The van der Waals surface area contributed by atoms with E-state index in [4.69, 9.17) is 16.3 Å². The lowest BCUT2D eigenvalue weighted by atomic mass is 10.2. The topological polar surface area (TPSA) is 79.6 Å². The summed E-state index contributed by atoms with van der Waals surface area (Å²) < 4.78 is 7.73. The molecule has 1 unspecified atom stereocenters. The number of nitrogens with zero attached hydrogens (tertiary/aromatic N) is 5. The van der Waals surface area contributed by atoms with Gasteiger partial charge in [-0.2, -0.15) is 0 Å². The highest BCUT2D eigenvalue weighted by atomic mass is 127. The molecule has 1 saturated heterocycles. The maximum absolute atomic E-state index is 6.20. The Kier molecular flexibility index (Phi) is 8.04. The van der Waals surface area contributed by atoms with Crippen molar-refractivity contribution in [1.82, 2.24) is 25.4 Å². The Morgan fingerprint density at radius 2 is 2.17 bits per heavy atom. The number of fused-ring (bicyclic) bond motifs is 1. The van der Waals surface area contributed by atoms with Gasteiger partial charge in [-0.3, -0.25) is 4.99 Å². The molecule has 8 nitrogen and oxygen atoms in total. The minimum absolute atomic E-state index is 0. The number of benzene rings is 1. The van der Waals surface area contributed by atoms with Gasteiger partial charge in [0.1, 0.15) is 11.6 Å². The summed E-state index contributed by atoms with van der Waals surface area (Å²) in [5.41, 5.74) is 1.03. The van der Waals surface area contributed by atoms with Crippen LogP contribution in [0.2, 0.25) is 5.02 Å². The van der Waals surface area contributed by atoms with E-state index in [1.165, 1.54) is 12.8 Å². The number of nitrogens with one attached hydrogen (secondary N) is 2. The number of hydrogen-bond acceptors (Lipinski definition) is 5. The fourth-order valence-electron chi connectivity index (χ4n) is 4.06. The van der Waals surface area contributed by atoms with Gasteiger partial charge >= 0.3 is 0 Å². The highest BCUT2D eigenvalue weighted by molar-refractivity contribution is 14.0. The number of aliphatic imine (C=N–C) groups is 1. The predicted molar refractivity (Wildman–Crippen MR) is 130 cm³/mol. The monoisotopic (exact) mass is 545 g/mol. The molecule has 1 atom stereocenters. The van der Waals surface area contributed by atoms with Crippen LogP contribution < -0.4 is 20.3 Å². The van der Waals surface area contributed by atoms with Crippen LogP contribution in [0.5, 0.6) is 5.75 Å². The van der Waals surface area contributed by atoms with Crippen molar-refractivity contribution in [3.8, 4) is 5.75 Å². The summed E-state index contributed by atoms with van der Waals surface area (Å²) in [5.74, 6) is 3.69. The molecule has 4 rings (SSSR count). The maximum Gasteiger partial charge on any atom is 0.191 e. The zero-order valence-electron chi connectivity index (χ0n) is 17.4. The lowest BCUT2D eigenvalue weighted by Gasteiger charge is -2.22. The van der Waals surface area contributed by atoms with Crippen LogP contribution in [0, 0.1) is 0 Å². The Morgan fingerprint density at radius 3 is 2.97 bits per heavy atom. The summed E-state index contributed by atoms with van der Waals surface area (Å²) >= 11 is 6.20. The van der Waals surface area contributed by atoms with E-state index >= 15 is 0 Å². The molecule has 10 heteroatoms. The highest BCUT2D eigenvalue weighted by Gasteiger charge is 2.26. The molecule has 0 amide bonds. The molecular weight excluding hydrogens is 517 g/mol. The van der Waals surface area contributed by atoms with E-state index in [1.807, 2.05) is 18.2 Å². The molecule has 2 aromatic rings. The maximum atomic E-state index is 6.20. The average Bonchev–Trinajstić information content (AvgIpc) is 3.38. The molecule has 2 aliphatic rings. The second kappa shape index (κ2) is 10.5. The second-order valence-corrected chi connectivity index (χ2v) is 7.90. The molecule has 164 valence electrons. The summed E-state index contributed by atoms with van der Waals surface area (Å²) in [6.45, 7) is 3.41. The van der Waals surface area contributed by atoms with Crippen LogP contribution >= 0.6 is 35.6 Å². The molecule has 2 aliphatic heterocycles. The third-order valence-corrected chi connectivity index (χ3v) is 5.82. The van der Waals surface area contributed by atoms with Gasteiger partial charge in [0.25, 0.3) is 0 Å². The highest BCUT2D eigenvalue weighted by Crippen LogP contribution is 2.33. The van der Waals surface area contributed by atoms with Gasteiger partial charge in [-0.05, 0) is 37.5 Å². The average molecular weight is 546 g/mol. The summed E-state index contributed by atoms with van der Waals surface area (Å²) in [6.07, 6.45) is 4.42. The summed E-state index contributed by atoms with van der Waals surface area (Å²) in [7, 11) is 3.48. The first-order valence-corrected chi connectivity index (χ1v) is 10.5. The molecular formula is C20H29ClIN7O. The van der Waals surface area contributed by atoms with E-state index in [9.17, 15) is 0 Å². The first-order chi connectivity index (χ1) is 14.2. The standard InChI is InChI=1S/C20H28ClN7O.HI/c1-22-20(23-12-19-26-25-18-5-3-4-9-28(18)19)24-15-8-10-27(13-15)16-11-14(21)6-7-17(16)29-2;/h6-7,11,15H,3-5,8-10,12-13H2,1-2H3,(H2,22,23,24);1H. The Hall–Kier alpha value is -1.75. The number of methoxy groups -OCH3 is 1. The fourth-order valence-corrected chi connectivity index (χ4v) is 4.22. The molecule has 3 heterocycles. The van der Waals surface area contributed by atoms with Crippen LogP contribution in [-0.2, 0) is 19.5 Å². The Balaban J connectivity index is 0.00000256. The van der Waals surface area contributed by atoms with Crippen LogP contribution in [0.4, 0.5) is 5.69 Å². The lowest BCUT2D eigenvalue weighted by molar-refractivity contribution is 0.415. The van der Waals surface area contributed by atoms with E-state index in [0.717, 1.165) is 61.5 Å². The van der Waals surface area contributed by atoms with Crippen molar-refractivity contribution in [2.45, 2.75) is 44.8 Å². The lowest BCUT2D eigenvalue weighted by Crippen LogP contribution is -2.44. The quantitative estimate of drug-likeness (QED) is 0.342. The number of ether oxygens (including phenoxy) is 1. The largest absolute Gasteiger partial charge is 0.495 e. The van der Waals surface area contributed by atoms with E-state index in [0.29, 0.717) is 11.6 Å². The van der Waals surface area contributed by atoms with Crippen molar-refractivity contribution in [3.63, 3.8) is 0 Å². The van der Waals surface area contributed by atoms with Gasteiger partial charge in [0.05, 0.1) is 19.3 Å². The number of hydrogen-bond donors (Lipinski definition) is 2. The SMILES string of the molecule is CN=C(NCc1nnc2n1CCCC2)NC1CCN(c2cc(Cl)ccc2OC)C1.I. The van der Waals surface area contributed by atoms with Crippen LogP contribution in [0.1, 0.15) is 30.9 Å². The molecule has 0 bridgehead atoms. The van der Waals surface area contributed by atoms with E-state index in [-0.39, 0.29) is 30.0 Å². The molecule has 0 aliphatic carbocycles. The fraction of sp³-hybridized carbons (Fsp3) is 0.550. The van der Waals surface area contributed by atoms with E-state index in [2.05, 4.69) is 35.3 Å². The van der Waals surface area contributed by atoms with Gasteiger partial charge in [0.2, 0.25) is 0 Å². The second-order valence-electron chi connectivity index (χ2n) is 7.46. The minimum Gasteiger partial charge on any atom is -0.495 e. The van der Waals surface area contributed by atoms with Crippen LogP contribution in [0.3, 0.4) is 0 Å². The number of aromatic nitrogens is 3. The van der Waals surface area contributed by atoms with Crippen molar-refractivity contribution < 1.29 is 4.74 Å². The molecule has 30 heavy (non-hydrogen) atoms. The first kappa shape index (κ1) is 22.9. The third kappa shape index (κ3) is 5.11.